The van der Waals surface area contributed by atoms with E-state index < -0.39 is 0 Å². The maximum Gasteiger partial charge on any atom is 0.0543 e. The zero-order valence-electron chi connectivity index (χ0n) is 19.9. The molecule has 0 atom stereocenters. The quantitative estimate of drug-likeness (QED) is 0.192. The van der Waals surface area contributed by atoms with Crippen LogP contribution in [0.25, 0.3) is 43.1 Å². The van der Waals surface area contributed by atoms with Gasteiger partial charge < -0.3 is 4.90 Å². The number of hydrogen-bond acceptors (Lipinski definition) is 1. The molecular formula is C34H25N. The topological polar surface area (TPSA) is 3.24 Å². The molecule has 0 aliphatic heterocycles. The summed E-state index contributed by atoms with van der Waals surface area (Å²) >= 11 is 0. The maximum atomic E-state index is 2.40. The third-order valence-corrected chi connectivity index (χ3v) is 7.40. The van der Waals surface area contributed by atoms with Crippen LogP contribution in [-0.2, 0) is 0 Å². The lowest BCUT2D eigenvalue weighted by Gasteiger charge is -2.29. The molecule has 0 amide bonds. The summed E-state index contributed by atoms with van der Waals surface area (Å²) in [7, 11) is 0. The van der Waals surface area contributed by atoms with Crippen LogP contribution in [0.4, 0.5) is 17.1 Å². The molecule has 1 nitrogen and oxygen atoms in total. The van der Waals surface area contributed by atoms with Gasteiger partial charge in [-0.15, -0.1) is 0 Å². The van der Waals surface area contributed by atoms with Crippen molar-refractivity contribution in [1.82, 2.24) is 0 Å². The zero-order valence-corrected chi connectivity index (χ0v) is 19.9. The Balaban J connectivity index is 1.70. The SMILES string of the molecule is Cc1ccc2ccc3c(N(c4ccccc4)c4ccccc4)cc(C)c4c5ccccc5c1c2c34. The highest BCUT2D eigenvalue weighted by Crippen LogP contribution is 2.48. The minimum absolute atomic E-state index is 1.16. The fourth-order valence-corrected chi connectivity index (χ4v) is 5.93. The maximum absolute atomic E-state index is 2.40. The van der Waals surface area contributed by atoms with Crippen LogP contribution >= 0.6 is 0 Å². The van der Waals surface area contributed by atoms with Crippen molar-refractivity contribution in [3.8, 4) is 0 Å². The fourth-order valence-electron chi connectivity index (χ4n) is 5.93. The molecule has 0 heterocycles. The van der Waals surface area contributed by atoms with Crippen molar-refractivity contribution in [3.05, 3.63) is 126 Å². The largest absolute Gasteiger partial charge is 0.310 e. The first-order valence-corrected chi connectivity index (χ1v) is 12.2. The van der Waals surface area contributed by atoms with E-state index in [0.29, 0.717) is 0 Å². The van der Waals surface area contributed by atoms with Gasteiger partial charge in [-0.3, -0.25) is 0 Å². The van der Waals surface area contributed by atoms with Crippen molar-refractivity contribution in [3.63, 3.8) is 0 Å². The lowest BCUT2D eigenvalue weighted by Crippen LogP contribution is -2.11. The van der Waals surface area contributed by atoms with Crippen LogP contribution in [-0.4, -0.2) is 0 Å². The molecule has 0 bridgehead atoms. The van der Waals surface area contributed by atoms with Crippen LogP contribution < -0.4 is 4.90 Å². The van der Waals surface area contributed by atoms with E-state index in [1.165, 1.54) is 59.9 Å². The van der Waals surface area contributed by atoms with Crippen LogP contribution in [0.2, 0.25) is 0 Å². The van der Waals surface area contributed by atoms with Gasteiger partial charge in [0.25, 0.3) is 0 Å². The summed E-state index contributed by atoms with van der Waals surface area (Å²) in [5.74, 6) is 0. The molecule has 0 aliphatic rings. The second-order valence-corrected chi connectivity index (χ2v) is 9.48. The van der Waals surface area contributed by atoms with Crippen LogP contribution in [0, 0.1) is 13.8 Å². The van der Waals surface area contributed by atoms with Crippen molar-refractivity contribution < 1.29 is 0 Å². The lowest BCUT2D eigenvalue weighted by atomic mass is 9.85. The second kappa shape index (κ2) is 7.58. The molecule has 0 spiro atoms. The predicted molar refractivity (Wildman–Crippen MR) is 152 cm³/mol. The van der Waals surface area contributed by atoms with Gasteiger partial charge in [0.05, 0.1) is 5.69 Å². The highest BCUT2D eigenvalue weighted by Gasteiger charge is 2.21. The normalized spacial score (nSPS) is 11.7. The molecule has 0 unspecified atom stereocenters. The van der Waals surface area contributed by atoms with Crippen LogP contribution in [0.5, 0.6) is 0 Å². The van der Waals surface area contributed by atoms with Gasteiger partial charge in [0.2, 0.25) is 0 Å². The first-order chi connectivity index (χ1) is 17.2. The van der Waals surface area contributed by atoms with Gasteiger partial charge >= 0.3 is 0 Å². The zero-order chi connectivity index (χ0) is 23.5. The molecule has 0 aliphatic carbocycles. The fraction of sp³-hybridized carbons (Fsp3) is 0.0588. The molecule has 0 fully saturated rings. The number of rotatable bonds is 3. The summed E-state index contributed by atoms with van der Waals surface area (Å²) < 4.78 is 0. The second-order valence-electron chi connectivity index (χ2n) is 9.48. The Morgan fingerprint density at radius 2 is 0.971 bits per heavy atom. The summed E-state index contributed by atoms with van der Waals surface area (Å²) in [6.45, 7) is 4.51. The van der Waals surface area contributed by atoms with E-state index in [9.17, 15) is 0 Å². The molecule has 7 rings (SSSR count). The first-order valence-electron chi connectivity index (χ1n) is 12.2. The molecule has 0 saturated heterocycles. The minimum Gasteiger partial charge on any atom is -0.310 e. The van der Waals surface area contributed by atoms with E-state index in [2.05, 4.69) is 134 Å². The van der Waals surface area contributed by atoms with Gasteiger partial charge in [0.1, 0.15) is 0 Å². The first kappa shape index (κ1) is 20.1. The van der Waals surface area contributed by atoms with E-state index >= 15 is 0 Å². The summed E-state index contributed by atoms with van der Waals surface area (Å²) in [6, 6.07) is 41.8. The Bertz CT molecular complexity index is 1810. The van der Waals surface area contributed by atoms with Gasteiger partial charge in [-0.25, -0.2) is 0 Å². The standard InChI is InChI=1S/C34H25N/c1-22-17-18-24-19-20-29-30(35(25-11-5-3-6-12-25)26-13-7-4-8-14-26)21-23(2)32-28-16-10-9-15-27(28)31(22)33(24)34(29)32/h3-21H,1-2H3. The minimum atomic E-state index is 1.16. The van der Waals surface area contributed by atoms with Gasteiger partial charge in [-0.1, -0.05) is 84.9 Å². The number of benzene rings is 7. The Morgan fingerprint density at radius 1 is 0.429 bits per heavy atom. The van der Waals surface area contributed by atoms with Crippen molar-refractivity contribution in [1.29, 1.82) is 0 Å². The van der Waals surface area contributed by atoms with E-state index in [0.717, 1.165) is 11.4 Å². The average molecular weight is 448 g/mol. The number of anilines is 3. The molecule has 0 aromatic heterocycles. The Hall–Kier alpha value is -4.36. The van der Waals surface area contributed by atoms with Crippen LogP contribution in [0.3, 0.4) is 0 Å². The Labute approximate surface area is 205 Å². The van der Waals surface area contributed by atoms with E-state index in [4.69, 9.17) is 0 Å². The number of para-hydroxylation sites is 2. The molecule has 0 N–H and O–H groups in total. The number of fused-ring (bicyclic) bond motifs is 3. The smallest absolute Gasteiger partial charge is 0.0543 e. The molecule has 7 aromatic carbocycles. The van der Waals surface area contributed by atoms with Crippen LogP contribution in [0.15, 0.2) is 115 Å². The monoisotopic (exact) mass is 447 g/mol. The number of nitrogens with zero attached hydrogens (tertiary/aromatic N) is 1. The van der Waals surface area contributed by atoms with Crippen molar-refractivity contribution in [2.75, 3.05) is 4.90 Å². The average Bonchev–Trinajstić information content (AvgIpc) is 2.90. The van der Waals surface area contributed by atoms with Crippen molar-refractivity contribution in [2.45, 2.75) is 13.8 Å². The van der Waals surface area contributed by atoms with Crippen molar-refractivity contribution >= 4 is 60.2 Å². The summed E-state index contributed by atoms with van der Waals surface area (Å²) in [5.41, 5.74) is 6.17. The van der Waals surface area contributed by atoms with E-state index in [-0.39, 0.29) is 0 Å². The van der Waals surface area contributed by atoms with Gasteiger partial charge in [0.15, 0.2) is 0 Å². The van der Waals surface area contributed by atoms with Gasteiger partial charge in [0, 0.05) is 22.1 Å². The third kappa shape index (κ3) is 2.88. The number of aryl methyl sites for hydroxylation is 2. The summed E-state index contributed by atoms with van der Waals surface area (Å²) in [4.78, 5) is 2.40. The highest BCUT2D eigenvalue weighted by atomic mass is 15.1. The van der Waals surface area contributed by atoms with Gasteiger partial charge in [-0.05, 0) is 87.6 Å². The highest BCUT2D eigenvalue weighted by molar-refractivity contribution is 6.36. The molecule has 1 heteroatoms. The summed E-state index contributed by atoms with van der Waals surface area (Å²) in [6.07, 6.45) is 0. The molecule has 0 saturated carbocycles. The van der Waals surface area contributed by atoms with E-state index in [1.807, 2.05) is 0 Å². The lowest BCUT2D eigenvalue weighted by molar-refractivity contribution is 1.29. The molecule has 0 radical (unpaired) electrons. The number of hydrogen-bond donors (Lipinski definition) is 0. The van der Waals surface area contributed by atoms with Crippen molar-refractivity contribution in [2.24, 2.45) is 0 Å². The third-order valence-electron chi connectivity index (χ3n) is 7.40. The Kier molecular flexibility index (Phi) is 4.34. The Morgan fingerprint density at radius 3 is 1.60 bits per heavy atom. The van der Waals surface area contributed by atoms with Crippen LogP contribution in [0.1, 0.15) is 11.1 Å². The van der Waals surface area contributed by atoms with Gasteiger partial charge in [-0.2, -0.15) is 0 Å². The molecule has 166 valence electrons. The molecular weight excluding hydrogens is 422 g/mol. The molecule has 7 aromatic rings. The predicted octanol–water partition coefficient (Wildman–Crippen LogP) is 9.82. The summed E-state index contributed by atoms with van der Waals surface area (Å²) in [5, 5.41) is 10.7. The van der Waals surface area contributed by atoms with E-state index in [1.54, 1.807) is 0 Å². The molecule has 35 heavy (non-hydrogen) atoms.